The Morgan fingerprint density at radius 3 is 2.16 bits per heavy atom. The number of hydrogen-bond donors (Lipinski definition) is 3. The van der Waals surface area contributed by atoms with E-state index >= 15 is 0 Å². The van der Waals surface area contributed by atoms with Crippen LogP contribution < -0.4 is 0 Å². The van der Waals surface area contributed by atoms with Crippen LogP contribution in [-0.2, 0) is 23.9 Å². The molecule has 1 amide bonds. The van der Waals surface area contributed by atoms with Crippen molar-refractivity contribution < 1.29 is 39.2 Å². The van der Waals surface area contributed by atoms with Crippen molar-refractivity contribution in [3.05, 3.63) is 0 Å². The zero-order chi connectivity index (χ0) is 29.2. The molecule has 8 unspecified atom stereocenters. The van der Waals surface area contributed by atoms with Crippen LogP contribution in [0.25, 0.3) is 0 Å². The quantitative estimate of drug-likeness (QED) is 0.204. The van der Waals surface area contributed by atoms with E-state index < -0.39 is 59.8 Å². The van der Waals surface area contributed by atoms with Crippen molar-refractivity contribution in [1.29, 1.82) is 0 Å². The zero-order valence-electron chi connectivity index (χ0n) is 24.8. The lowest BCUT2D eigenvalue weighted by atomic mass is 9.79. The predicted octanol–water partition coefficient (Wildman–Crippen LogP) is 3.60. The molecular formula is C29H53NO8. The minimum absolute atomic E-state index is 0.0192. The summed E-state index contributed by atoms with van der Waals surface area (Å²) in [6, 6.07) is -0.892. The maximum atomic E-state index is 13.3. The van der Waals surface area contributed by atoms with Crippen LogP contribution in [-0.4, -0.2) is 80.7 Å². The second-order valence-corrected chi connectivity index (χ2v) is 11.2. The average molecular weight is 544 g/mol. The first-order chi connectivity index (χ1) is 17.8. The lowest BCUT2D eigenvalue weighted by molar-refractivity contribution is -0.240. The number of nitrogens with zero attached hydrogens (tertiary/aromatic N) is 1. The third-order valence-corrected chi connectivity index (χ3v) is 7.95. The molecule has 9 nitrogen and oxygen atoms in total. The smallest absolute Gasteiger partial charge is 0.329 e. The molecule has 222 valence electrons. The molecule has 2 fully saturated rings. The standard InChI is InChI=1S/C27H47NO8.C2H6/c1-7-18(5)27(34,36-16(2)3)24(31)25(32)28-13-9-8-10-21(28)26(33)35-19(6)17(4)14-20-11-12-22(29)23(30)15-20;1-2/h16-23,29-30,34H,7-15H2,1-6H3;1-2H3. The molecule has 3 N–H and O–H groups in total. The first-order valence-electron chi connectivity index (χ1n) is 14.6. The molecular weight excluding hydrogens is 490 g/mol. The van der Waals surface area contributed by atoms with Gasteiger partial charge >= 0.3 is 5.97 Å². The number of Topliss-reactive ketones (excluding diaryl/α,β-unsaturated/α-hetero) is 1. The van der Waals surface area contributed by atoms with E-state index in [1.165, 1.54) is 4.90 Å². The Kier molecular flexibility index (Phi) is 14.4. The predicted molar refractivity (Wildman–Crippen MR) is 145 cm³/mol. The Bertz CT molecular complexity index is 759. The highest BCUT2D eigenvalue weighted by molar-refractivity contribution is 6.39. The minimum atomic E-state index is -2.26. The summed E-state index contributed by atoms with van der Waals surface area (Å²) >= 11 is 0. The van der Waals surface area contributed by atoms with Gasteiger partial charge in [-0.2, -0.15) is 0 Å². The van der Waals surface area contributed by atoms with Crippen LogP contribution >= 0.6 is 0 Å². The minimum Gasteiger partial charge on any atom is -0.461 e. The van der Waals surface area contributed by atoms with Crippen molar-refractivity contribution in [2.75, 3.05) is 6.54 Å². The van der Waals surface area contributed by atoms with Crippen molar-refractivity contribution >= 4 is 17.7 Å². The van der Waals surface area contributed by atoms with Crippen molar-refractivity contribution in [1.82, 2.24) is 4.90 Å². The normalized spacial score (nSPS) is 27.8. The third kappa shape index (κ3) is 9.00. The fourth-order valence-corrected chi connectivity index (χ4v) is 5.26. The van der Waals surface area contributed by atoms with E-state index in [1.54, 1.807) is 27.7 Å². The highest BCUT2D eigenvalue weighted by Crippen LogP contribution is 2.32. The van der Waals surface area contributed by atoms with Crippen LogP contribution in [0.2, 0.25) is 0 Å². The highest BCUT2D eigenvalue weighted by atomic mass is 16.6. The summed E-state index contributed by atoms with van der Waals surface area (Å²) in [5.41, 5.74) is 0. The lowest BCUT2D eigenvalue weighted by Gasteiger charge is -2.38. The molecule has 1 heterocycles. The first kappa shape index (κ1) is 34.5. The van der Waals surface area contributed by atoms with E-state index in [0.717, 1.165) is 19.3 Å². The number of ketones is 1. The molecule has 0 bridgehead atoms. The molecule has 0 aromatic carbocycles. The molecule has 9 heteroatoms. The highest BCUT2D eigenvalue weighted by Gasteiger charge is 2.49. The van der Waals surface area contributed by atoms with Crippen molar-refractivity contribution in [2.24, 2.45) is 17.8 Å². The molecule has 0 spiro atoms. The SMILES string of the molecule is CC.CCC(C)C(O)(OC(C)C)C(=O)C(=O)N1CCCCC1C(=O)OC(C)C(C)CC1CCC(O)C(O)C1. The summed E-state index contributed by atoms with van der Waals surface area (Å²) in [6.07, 6.45) is 2.55. The maximum absolute atomic E-state index is 13.3. The van der Waals surface area contributed by atoms with Gasteiger partial charge in [-0.05, 0) is 84.0 Å². The van der Waals surface area contributed by atoms with Crippen LogP contribution in [0.3, 0.4) is 0 Å². The van der Waals surface area contributed by atoms with Crippen LogP contribution in [0.5, 0.6) is 0 Å². The van der Waals surface area contributed by atoms with Gasteiger partial charge in [0.15, 0.2) is 0 Å². The number of carbonyl (C=O) groups is 3. The summed E-state index contributed by atoms with van der Waals surface area (Å²) in [7, 11) is 0. The topological polar surface area (TPSA) is 134 Å². The molecule has 2 aliphatic rings. The van der Waals surface area contributed by atoms with E-state index in [2.05, 4.69) is 0 Å². The fraction of sp³-hybridized carbons (Fsp3) is 0.897. The molecule has 8 atom stereocenters. The summed E-state index contributed by atoms with van der Waals surface area (Å²) in [5.74, 6) is -5.13. The van der Waals surface area contributed by atoms with Gasteiger partial charge in [0.25, 0.3) is 11.7 Å². The number of ether oxygens (including phenoxy) is 2. The van der Waals surface area contributed by atoms with E-state index in [1.807, 2.05) is 27.7 Å². The van der Waals surface area contributed by atoms with Crippen LogP contribution in [0.15, 0.2) is 0 Å². The number of hydrogen-bond acceptors (Lipinski definition) is 8. The van der Waals surface area contributed by atoms with Gasteiger partial charge < -0.3 is 29.7 Å². The Morgan fingerprint density at radius 1 is 0.974 bits per heavy atom. The second-order valence-electron chi connectivity index (χ2n) is 11.2. The molecule has 0 radical (unpaired) electrons. The summed E-state index contributed by atoms with van der Waals surface area (Å²) in [5, 5.41) is 30.8. The van der Waals surface area contributed by atoms with E-state index in [-0.39, 0.29) is 18.4 Å². The van der Waals surface area contributed by atoms with Crippen molar-refractivity contribution in [2.45, 2.75) is 143 Å². The molecule has 1 saturated carbocycles. The Hall–Kier alpha value is -1.55. The molecule has 1 aliphatic carbocycles. The number of aliphatic hydroxyl groups excluding tert-OH is 2. The largest absolute Gasteiger partial charge is 0.461 e. The summed E-state index contributed by atoms with van der Waals surface area (Å²) < 4.78 is 11.3. The van der Waals surface area contributed by atoms with Gasteiger partial charge in [-0.3, -0.25) is 9.59 Å². The van der Waals surface area contributed by atoms with Gasteiger partial charge in [0.1, 0.15) is 12.1 Å². The van der Waals surface area contributed by atoms with Gasteiger partial charge in [0.05, 0.1) is 18.3 Å². The monoisotopic (exact) mass is 543 g/mol. The Balaban J connectivity index is 0.00000352. The molecule has 1 saturated heterocycles. The molecule has 2 rings (SSSR count). The first-order valence-corrected chi connectivity index (χ1v) is 14.6. The zero-order valence-corrected chi connectivity index (χ0v) is 24.8. The summed E-state index contributed by atoms with van der Waals surface area (Å²) in [4.78, 5) is 40.9. The number of esters is 1. The average Bonchev–Trinajstić information content (AvgIpc) is 2.89. The van der Waals surface area contributed by atoms with Gasteiger partial charge in [0.2, 0.25) is 5.79 Å². The lowest BCUT2D eigenvalue weighted by Crippen LogP contribution is -2.59. The molecule has 38 heavy (non-hydrogen) atoms. The van der Waals surface area contributed by atoms with Crippen LogP contribution in [0, 0.1) is 17.8 Å². The number of aliphatic hydroxyl groups is 3. The van der Waals surface area contributed by atoms with Crippen LogP contribution in [0.4, 0.5) is 0 Å². The fourth-order valence-electron chi connectivity index (χ4n) is 5.26. The Labute approximate surface area is 229 Å². The Morgan fingerprint density at radius 2 is 1.61 bits per heavy atom. The number of rotatable bonds is 11. The molecule has 1 aliphatic heterocycles. The third-order valence-electron chi connectivity index (χ3n) is 7.95. The van der Waals surface area contributed by atoms with Gasteiger partial charge in [-0.15, -0.1) is 0 Å². The maximum Gasteiger partial charge on any atom is 0.329 e. The number of amides is 1. The van der Waals surface area contributed by atoms with Crippen molar-refractivity contribution in [3.63, 3.8) is 0 Å². The van der Waals surface area contributed by atoms with Gasteiger partial charge in [0, 0.05) is 12.5 Å². The second kappa shape index (κ2) is 15.9. The van der Waals surface area contributed by atoms with Crippen molar-refractivity contribution in [3.8, 4) is 0 Å². The molecule has 0 aromatic heterocycles. The van der Waals surface area contributed by atoms with E-state index in [0.29, 0.717) is 32.1 Å². The number of carbonyl (C=O) groups excluding carboxylic acids is 3. The van der Waals surface area contributed by atoms with E-state index in [9.17, 15) is 29.7 Å². The van der Waals surface area contributed by atoms with Crippen LogP contribution in [0.1, 0.15) is 107 Å². The van der Waals surface area contributed by atoms with Gasteiger partial charge in [-0.1, -0.05) is 34.6 Å². The number of likely N-dealkylation sites (tertiary alicyclic amines) is 1. The van der Waals surface area contributed by atoms with E-state index in [4.69, 9.17) is 9.47 Å². The number of piperidine rings is 1. The summed E-state index contributed by atoms with van der Waals surface area (Å²) in [6.45, 7) is 14.9. The molecule has 0 aromatic rings. The van der Waals surface area contributed by atoms with Gasteiger partial charge in [-0.25, -0.2) is 4.79 Å².